The van der Waals surface area contributed by atoms with E-state index in [4.69, 9.17) is 6.42 Å². The molecule has 0 saturated heterocycles. The summed E-state index contributed by atoms with van der Waals surface area (Å²) < 4.78 is 0. The second-order valence-electron chi connectivity index (χ2n) is 1.52. The highest BCUT2D eigenvalue weighted by Gasteiger charge is 1.57. The lowest BCUT2D eigenvalue weighted by molar-refractivity contribution is 1.72. The molecule has 1 aromatic rings. The third-order valence-electron chi connectivity index (χ3n) is 0.758. The summed E-state index contributed by atoms with van der Waals surface area (Å²) in [6.07, 6.45) is 4.70. The van der Waals surface area contributed by atoms with Crippen molar-refractivity contribution in [2.24, 2.45) is 0 Å². The van der Waals surface area contributed by atoms with Crippen LogP contribution in [0.25, 0.3) is 0 Å². The van der Waals surface area contributed by atoms with Crippen molar-refractivity contribution >= 4 is 12.6 Å². The summed E-state index contributed by atoms with van der Waals surface area (Å²) in [5, 5.41) is 0. The molecule has 0 amide bonds. The molecule has 0 N–H and O–H groups in total. The third-order valence-corrected chi connectivity index (χ3v) is 0.941. The quantitative estimate of drug-likeness (QED) is 0.425. The summed E-state index contributed by atoms with van der Waals surface area (Å²) in [6, 6.07) is 12.0. The molecule has 0 saturated carbocycles. The number of rotatable bonds is 0. The molecule has 0 aliphatic heterocycles. The monoisotopic (exact) mass is 150 g/mol. The van der Waals surface area contributed by atoms with Crippen LogP contribution in [0, 0.1) is 12.3 Å². The highest BCUT2D eigenvalue weighted by atomic mass is 32.1. The van der Waals surface area contributed by atoms with Crippen molar-refractivity contribution in [3.63, 3.8) is 0 Å². The Morgan fingerprint density at radius 3 is 1.30 bits per heavy atom. The summed E-state index contributed by atoms with van der Waals surface area (Å²) in [5.41, 5.74) is 0. The van der Waals surface area contributed by atoms with Gasteiger partial charge in [-0.05, 0) is 0 Å². The van der Waals surface area contributed by atoms with E-state index in [2.05, 4.69) is 18.5 Å². The van der Waals surface area contributed by atoms with Crippen molar-refractivity contribution in [2.45, 2.75) is 0 Å². The predicted octanol–water partition coefficient (Wildman–Crippen LogP) is 2.24. The maximum atomic E-state index is 4.70. The highest BCUT2D eigenvalue weighted by molar-refractivity contribution is 7.80. The molecule has 0 bridgehead atoms. The van der Waals surface area contributed by atoms with E-state index < -0.39 is 0 Å². The van der Waals surface area contributed by atoms with Crippen molar-refractivity contribution in [1.29, 1.82) is 0 Å². The summed E-state index contributed by atoms with van der Waals surface area (Å²) in [5.74, 6) is 2.84. The Morgan fingerprint density at radius 1 is 1.00 bits per heavy atom. The van der Waals surface area contributed by atoms with E-state index >= 15 is 0 Å². The number of hydrogen-bond acceptors (Lipinski definition) is 1. The molecule has 52 valence electrons. The van der Waals surface area contributed by atoms with Crippen LogP contribution in [0.4, 0.5) is 0 Å². The molecule has 1 rings (SSSR count). The SMILES string of the molecule is C#CCS.c1ccccc1. The molecule has 10 heavy (non-hydrogen) atoms. The summed E-state index contributed by atoms with van der Waals surface area (Å²) in [4.78, 5) is 0. The Hall–Kier alpha value is -0.870. The first-order valence-electron chi connectivity index (χ1n) is 2.96. The minimum Gasteiger partial charge on any atom is -0.166 e. The zero-order valence-corrected chi connectivity index (χ0v) is 6.59. The topological polar surface area (TPSA) is 0 Å². The standard InChI is InChI=1S/C6H6.C3H4S/c1-2-4-6-5-3-1;1-2-3-4/h1-6H;1,4H,3H2. The van der Waals surface area contributed by atoms with Crippen LogP contribution in [-0.2, 0) is 0 Å². The summed E-state index contributed by atoms with van der Waals surface area (Å²) in [6.45, 7) is 0. The van der Waals surface area contributed by atoms with Crippen LogP contribution in [0.2, 0.25) is 0 Å². The van der Waals surface area contributed by atoms with Gasteiger partial charge < -0.3 is 0 Å². The van der Waals surface area contributed by atoms with Gasteiger partial charge in [0.2, 0.25) is 0 Å². The molecule has 0 aliphatic rings. The van der Waals surface area contributed by atoms with Gasteiger partial charge in [-0.1, -0.05) is 42.3 Å². The normalized spacial score (nSPS) is 6.80. The van der Waals surface area contributed by atoms with E-state index in [1.165, 1.54) is 0 Å². The number of thiol groups is 1. The molecule has 0 unspecified atom stereocenters. The van der Waals surface area contributed by atoms with Crippen LogP contribution < -0.4 is 0 Å². The lowest BCUT2D eigenvalue weighted by Gasteiger charge is -1.69. The van der Waals surface area contributed by atoms with Gasteiger partial charge in [0.1, 0.15) is 0 Å². The van der Waals surface area contributed by atoms with Gasteiger partial charge in [-0.3, -0.25) is 0 Å². The third kappa shape index (κ3) is 7.13. The molecule has 0 aliphatic carbocycles. The van der Waals surface area contributed by atoms with Gasteiger partial charge >= 0.3 is 0 Å². The predicted molar refractivity (Wildman–Crippen MR) is 49.1 cm³/mol. The Morgan fingerprint density at radius 2 is 1.20 bits per heavy atom. The lowest BCUT2D eigenvalue weighted by Crippen LogP contribution is -1.47. The van der Waals surface area contributed by atoms with Crippen LogP contribution in [0.5, 0.6) is 0 Å². The fraction of sp³-hybridized carbons (Fsp3) is 0.111. The number of terminal acetylenes is 1. The zero-order valence-electron chi connectivity index (χ0n) is 5.70. The van der Waals surface area contributed by atoms with Gasteiger partial charge in [0.05, 0.1) is 5.75 Å². The van der Waals surface area contributed by atoms with E-state index in [9.17, 15) is 0 Å². The first kappa shape index (κ1) is 9.13. The van der Waals surface area contributed by atoms with Crippen LogP contribution in [0.1, 0.15) is 0 Å². The average Bonchev–Trinajstić information content (AvgIpc) is 2.08. The Kier molecular flexibility index (Phi) is 7.42. The van der Waals surface area contributed by atoms with Gasteiger partial charge in [0.15, 0.2) is 0 Å². The molecule has 1 heteroatoms. The Labute approximate surface area is 67.7 Å². The second-order valence-corrected chi connectivity index (χ2v) is 1.83. The van der Waals surface area contributed by atoms with Gasteiger partial charge in [-0.2, -0.15) is 12.6 Å². The minimum atomic E-state index is 0.542. The van der Waals surface area contributed by atoms with Gasteiger partial charge in [-0.15, -0.1) is 6.42 Å². The van der Waals surface area contributed by atoms with Gasteiger partial charge in [0.25, 0.3) is 0 Å². The van der Waals surface area contributed by atoms with Gasteiger partial charge in [-0.25, -0.2) is 0 Å². The van der Waals surface area contributed by atoms with Crippen LogP contribution in [0.3, 0.4) is 0 Å². The molecule has 0 heterocycles. The molecule has 0 fully saturated rings. The molecule has 0 nitrogen and oxygen atoms in total. The fourth-order valence-electron chi connectivity index (χ4n) is 0.385. The molecular formula is C9H10S. The van der Waals surface area contributed by atoms with Crippen molar-refractivity contribution in [3.8, 4) is 12.3 Å². The minimum absolute atomic E-state index is 0.542. The number of benzene rings is 1. The molecule has 1 aromatic carbocycles. The largest absolute Gasteiger partial charge is 0.166 e. The maximum absolute atomic E-state index is 4.70. The first-order chi connectivity index (χ1) is 4.91. The number of hydrogen-bond donors (Lipinski definition) is 1. The van der Waals surface area contributed by atoms with Crippen LogP contribution in [0.15, 0.2) is 36.4 Å². The summed E-state index contributed by atoms with van der Waals surface area (Å²) in [7, 11) is 0. The molecular weight excluding hydrogens is 140 g/mol. The van der Waals surface area contributed by atoms with E-state index in [0.717, 1.165) is 0 Å². The van der Waals surface area contributed by atoms with E-state index in [1.807, 2.05) is 36.4 Å². The molecule has 0 atom stereocenters. The van der Waals surface area contributed by atoms with E-state index in [1.54, 1.807) is 0 Å². The Bertz CT molecular complexity index is 147. The highest BCUT2D eigenvalue weighted by Crippen LogP contribution is 1.79. The smallest absolute Gasteiger partial charge is 0.0514 e. The van der Waals surface area contributed by atoms with Crippen molar-refractivity contribution < 1.29 is 0 Å². The molecule has 0 spiro atoms. The first-order valence-corrected chi connectivity index (χ1v) is 3.59. The lowest BCUT2D eigenvalue weighted by atomic mass is 10.4. The van der Waals surface area contributed by atoms with Crippen molar-refractivity contribution in [3.05, 3.63) is 36.4 Å². The maximum Gasteiger partial charge on any atom is 0.0514 e. The van der Waals surface area contributed by atoms with E-state index in [-0.39, 0.29) is 0 Å². The molecule has 0 radical (unpaired) electrons. The molecule has 0 aromatic heterocycles. The zero-order chi connectivity index (χ0) is 7.66. The fourth-order valence-corrected chi connectivity index (χ4v) is 0.385. The van der Waals surface area contributed by atoms with Gasteiger partial charge in [0, 0.05) is 0 Å². The van der Waals surface area contributed by atoms with Crippen molar-refractivity contribution in [1.82, 2.24) is 0 Å². The van der Waals surface area contributed by atoms with Crippen LogP contribution >= 0.6 is 12.6 Å². The second kappa shape index (κ2) is 8.13. The van der Waals surface area contributed by atoms with Crippen molar-refractivity contribution in [2.75, 3.05) is 5.75 Å². The Balaban J connectivity index is 0.000000180. The average molecular weight is 150 g/mol. The van der Waals surface area contributed by atoms with E-state index in [0.29, 0.717) is 5.75 Å². The summed E-state index contributed by atoms with van der Waals surface area (Å²) >= 11 is 3.68. The van der Waals surface area contributed by atoms with Crippen LogP contribution in [-0.4, -0.2) is 5.75 Å².